The van der Waals surface area contributed by atoms with Crippen LogP contribution in [-0.4, -0.2) is 6.61 Å². The Hall–Kier alpha value is -1.54. The van der Waals surface area contributed by atoms with Gasteiger partial charge in [0.15, 0.2) is 0 Å². The molecule has 0 spiro atoms. The predicted molar refractivity (Wildman–Crippen MR) is 103 cm³/mol. The van der Waals surface area contributed by atoms with Crippen molar-refractivity contribution < 1.29 is 4.74 Å². The molecule has 0 saturated carbocycles. The van der Waals surface area contributed by atoms with E-state index in [9.17, 15) is 0 Å². The summed E-state index contributed by atoms with van der Waals surface area (Å²) in [6.45, 7) is 3.04. The molecule has 3 rings (SSSR count). The van der Waals surface area contributed by atoms with Crippen LogP contribution in [0.1, 0.15) is 39.0 Å². The zero-order valence-corrected chi connectivity index (χ0v) is 15.2. The zero-order chi connectivity index (χ0) is 16.1. The molecule has 3 aromatic rings. The normalized spacial score (nSPS) is 11.2. The molecule has 0 bridgehead atoms. The van der Waals surface area contributed by atoms with E-state index in [4.69, 9.17) is 4.74 Å². The van der Waals surface area contributed by atoms with E-state index in [2.05, 4.69) is 71.4 Å². The van der Waals surface area contributed by atoms with Gasteiger partial charge >= 0.3 is 0 Å². The summed E-state index contributed by atoms with van der Waals surface area (Å²) in [4.78, 5) is 0. The fraction of sp³-hybridized carbons (Fsp3) is 0.333. The summed E-state index contributed by atoms with van der Waals surface area (Å²) in [6, 6.07) is 17.1. The molecule has 0 N–H and O–H groups in total. The molecule has 0 aromatic heterocycles. The van der Waals surface area contributed by atoms with E-state index in [1.807, 2.05) is 0 Å². The van der Waals surface area contributed by atoms with Crippen molar-refractivity contribution in [1.82, 2.24) is 0 Å². The van der Waals surface area contributed by atoms with Crippen LogP contribution < -0.4 is 4.74 Å². The third kappa shape index (κ3) is 3.87. The summed E-state index contributed by atoms with van der Waals surface area (Å²) in [6.07, 6.45) is 6.29. The summed E-state index contributed by atoms with van der Waals surface area (Å²) in [5.41, 5.74) is 0. The second-order valence-electron chi connectivity index (χ2n) is 6.05. The van der Waals surface area contributed by atoms with Crippen molar-refractivity contribution >= 4 is 37.5 Å². The highest BCUT2D eigenvalue weighted by molar-refractivity contribution is 9.10. The van der Waals surface area contributed by atoms with Gasteiger partial charge in [-0.25, -0.2) is 0 Å². The van der Waals surface area contributed by atoms with Gasteiger partial charge in [-0.3, -0.25) is 0 Å². The van der Waals surface area contributed by atoms with Gasteiger partial charge in [0.05, 0.1) is 6.61 Å². The molecule has 0 atom stereocenters. The summed E-state index contributed by atoms with van der Waals surface area (Å²) in [5, 5.41) is 4.86. The van der Waals surface area contributed by atoms with E-state index in [-0.39, 0.29) is 0 Å². The standard InChI is InChI=1S/C21H23BrO/c1-2-3-4-5-8-13-23-21-19-10-7-6-9-16(19)14-17-11-12-18(22)15-20(17)21/h6-7,9-12,14-15H,2-5,8,13H2,1H3. The van der Waals surface area contributed by atoms with Gasteiger partial charge in [0.2, 0.25) is 0 Å². The Balaban J connectivity index is 1.89. The smallest absolute Gasteiger partial charge is 0.134 e. The SMILES string of the molecule is CCCCCCCOc1c2ccccc2cc2ccc(Br)cc12. The Bertz CT molecular complexity index is 794. The molecule has 0 aliphatic rings. The van der Waals surface area contributed by atoms with Crippen LogP contribution in [0.4, 0.5) is 0 Å². The van der Waals surface area contributed by atoms with Crippen LogP contribution in [0.5, 0.6) is 5.75 Å². The van der Waals surface area contributed by atoms with Crippen molar-refractivity contribution in [1.29, 1.82) is 0 Å². The Kier molecular flexibility index (Phi) is 5.56. The third-order valence-corrected chi connectivity index (χ3v) is 4.76. The van der Waals surface area contributed by atoms with Crippen LogP contribution in [0.2, 0.25) is 0 Å². The predicted octanol–water partition coefficient (Wildman–Crippen LogP) is 7.10. The van der Waals surface area contributed by atoms with Crippen molar-refractivity contribution in [3.8, 4) is 5.75 Å². The van der Waals surface area contributed by atoms with E-state index < -0.39 is 0 Å². The van der Waals surface area contributed by atoms with Crippen LogP contribution in [0.3, 0.4) is 0 Å². The Morgan fingerprint density at radius 3 is 2.48 bits per heavy atom. The van der Waals surface area contributed by atoms with Gasteiger partial charge in [-0.15, -0.1) is 0 Å². The van der Waals surface area contributed by atoms with Crippen LogP contribution in [0, 0.1) is 0 Å². The molecule has 0 unspecified atom stereocenters. The molecule has 3 aromatic carbocycles. The molecule has 0 radical (unpaired) electrons. The number of benzene rings is 3. The lowest BCUT2D eigenvalue weighted by atomic mass is 10.0. The zero-order valence-electron chi connectivity index (χ0n) is 13.6. The lowest BCUT2D eigenvalue weighted by Crippen LogP contribution is -1.99. The number of unbranched alkanes of at least 4 members (excludes halogenated alkanes) is 4. The highest BCUT2D eigenvalue weighted by Crippen LogP contribution is 2.36. The highest BCUT2D eigenvalue weighted by atomic mass is 79.9. The van der Waals surface area contributed by atoms with E-state index in [1.54, 1.807) is 0 Å². The van der Waals surface area contributed by atoms with E-state index in [0.29, 0.717) is 0 Å². The molecule has 0 heterocycles. The van der Waals surface area contributed by atoms with Gasteiger partial charge in [-0.2, -0.15) is 0 Å². The van der Waals surface area contributed by atoms with E-state index in [1.165, 1.54) is 47.2 Å². The fourth-order valence-corrected chi connectivity index (χ4v) is 3.39. The van der Waals surface area contributed by atoms with Crippen molar-refractivity contribution in [2.24, 2.45) is 0 Å². The first-order valence-corrected chi connectivity index (χ1v) is 9.32. The second kappa shape index (κ2) is 7.83. The summed E-state index contributed by atoms with van der Waals surface area (Å²) < 4.78 is 7.34. The molecule has 0 aliphatic heterocycles. The summed E-state index contributed by atoms with van der Waals surface area (Å²) in [5.74, 6) is 1.02. The molecule has 0 saturated heterocycles. The molecule has 0 amide bonds. The summed E-state index contributed by atoms with van der Waals surface area (Å²) in [7, 11) is 0. The lowest BCUT2D eigenvalue weighted by molar-refractivity contribution is 0.311. The van der Waals surface area contributed by atoms with Gasteiger partial charge in [0.1, 0.15) is 5.75 Å². The highest BCUT2D eigenvalue weighted by Gasteiger charge is 2.09. The number of fused-ring (bicyclic) bond motifs is 2. The molecule has 120 valence electrons. The minimum Gasteiger partial charge on any atom is -0.492 e. The van der Waals surface area contributed by atoms with E-state index >= 15 is 0 Å². The van der Waals surface area contributed by atoms with Crippen LogP contribution in [0.25, 0.3) is 21.5 Å². The number of rotatable bonds is 7. The van der Waals surface area contributed by atoms with E-state index in [0.717, 1.165) is 23.2 Å². The molecule has 2 heteroatoms. The lowest BCUT2D eigenvalue weighted by Gasteiger charge is -2.13. The van der Waals surface area contributed by atoms with Gasteiger partial charge in [-0.05, 0) is 35.4 Å². The maximum Gasteiger partial charge on any atom is 0.134 e. The summed E-state index contributed by atoms with van der Waals surface area (Å²) >= 11 is 3.59. The minimum absolute atomic E-state index is 0.791. The number of ether oxygens (including phenoxy) is 1. The van der Waals surface area contributed by atoms with Gasteiger partial charge in [-0.1, -0.05) is 78.9 Å². The topological polar surface area (TPSA) is 9.23 Å². The number of halogens is 1. The Labute approximate surface area is 146 Å². The maximum absolute atomic E-state index is 6.25. The second-order valence-corrected chi connectivity index (χ2v) is 6.97. The Morgan fingerprint density at radius 1 is 0.826 bits per heavy atom. The average Bonchev–Trinajstić information content (AvgIpc) is 2.57. The van der Waals surface area contributed by atoms with Crippen LogP contribution in [0.15, 0.2) is 53.0 Å². The molecular formula is C21H23BrO. The minimum atomic E-state index is 0.791. The monoisotopic (exact) mass is 370 g/mol. The first kappa shape index (κ1) is 16.3. The number of hydrogen-bond donors (Lipinski definition) is 0. The van der Waals surface area contributed by atoms with Crippen molar-refractivity contribution in [2.45, 2.75) is 39.0 Å². The molecule has 23 heavy (non-hydrogen) atoms. The molecule has 1 nitrogen and oxygen atoms in total. The molecular weight excluding hydrogens is 348 g/mol. The fourth-order valence-electron chi connectivity index (χ4n) is 3.03. The van der Waals surface area contributed by atoms with Crippen molar-refractivity contribution in [3.63, 3.8) is 0 Å². The van der Waals surface area contributed by atoms with Crippen LogP contribution >= 0.6 is 15.9 Å². The van der Waals surface area contributed by atoms with Crippen LogP contribution in [-0.2, 0) is 0 Å². The Morgan fingerprint density at radius 2 is 1.61 bits per heavy atom. The number of hydrogen-bond acceptors (Lipinski definition) is 1. The van der Waals surface area contributed by atoms with Gasteiger partial charge in [0.25, 0.3) is 0 Å². The molecule has 0 fully saturated rings. The third-order valence-electron chi connectivity index (χ3n) is 4.27. The van der Waals surface area contributed by atoms with Gasteiger partial charge < -0.3 is 4.74 Å². The first-order valence-electron chi connectivity index (χ1n) is 8.53. The van der Waals surface area contributed by atoms with Crippen molar-refractivity contribution in [2.75, 3.05) is 6.61 Å². The first-order chi connectivity index (χ1) is 11.3. The van der Waals surface area contributed by atoms with Crippen molar-refractivity contribution in [3.05, 3.63) is 53.0 Å². The molecule has 0 aliphatic carbocycles. The average molecular weight is 371 g/mol. The quantitative estimate of drug-likeness (QED) is 0.318. The largest absolute Gasteiger partial charge is 0.492 e. The maximum atomic E-state index is 6.25. The van der Waals surface area contributed by atoms with Gasteiger partial charge in [0, 0.05) is 15.2 Å².